The molecule has 4 atom stereocenters. The van der Waals surface area contributed by atoms with Gasteiger partial charge in [0.2, 0.25) is 12.7 Å². The molecule has 2 heterocycles. The molecule has 0 spiro atoms. The Labute approximate surface area is 164 Å². The van der Waals surface area contributed by atoms with Crippen LogP contribution in [0.4, 0.5) is 0 Å². The molecule has 1 saturated heterocycles. The van der Waals surface area contributed by atoms with Crippen LogP contribution < -0.4 is 9.47 Å². The van der Waals surface area contributed by atoms with Gasteiger partial charge in [0, 0.05) is 32.7 Å². The molecule has 1 amide bonds. The molecule has 2 aliphatic heterocycles. The van der Waals surface area contributed by atoms with Gasteiger partial charge in [-0.05, 0) is 48.8 Å². The summed E-state index contributed by atoms with van der Waals surface area (Å²) in [4.78, 5) is 29.1. The van der Waals surface area contributed by atoms with Crippen LogP contribution >= 0.6 is 0 Å². The predicted octanol–water partition coefficient (Wildman–Crippen LogP) is 1.81. The third kappa shape index (κ3) is 3.02. The van der Waals surface area contributed by atoms with Crippen LogP contribution in [0.25, 0.3) is 0 Å². The van der Waals surface area contributed by atoms with Gasteiger partial charge in [-0.2, -0.15) is 0 Å². The van der Waals surface area contributed by atoms with Crippen molar-refractivity contribution in [2.75, 3.05) is 33.0 Å². The Morgan fingerprint density at radius 1 is 1.00 bits per heavy atom. The summed E-state index contributed by atoms with van der Waals surface area (Å²) < 4.78 is 10.8. The van der Waals surface area contributed by atoms with Crippen molar-refractivity contribution in [2.24, 2.45) is 23.7 Å². The molecule has 3 fully saturated rings. The molecule has 7 heteroatoms. The molecule has 0 aromatic heterocycles. The third-order valence-electron chi connectivity index (χ3n) is 7.01. The molecular weight excluding hydrogens is 360 g/mol. The van der Waals surface area contributed by atoms with Gasteiger partial charge in [-0.3, -0.25) is 14.5 Å². The number of carboxylic acid groups (broad SMARTS) is 1. The minimum absolute atomic E-state index is 0.0716. The normalized spacial score (nSPS) is 31.4. The molecule has 28 heavy (non-hydrogen) atoms. The van der Waals surface area contributed by atoms with Gasteiger partial charge in [0.1, 0.15) is 0 Å². The van der Waals surface area contributed by atoms with Gasteiger partial charge in [-0.15, -0.1) is 0 Å². The molecule has 5 rings (SSSR count). The quantitative estimate of drug-likeness (QED) is 0.850. The lowest BCUT2D eigenvalue weighted by Gasteiger charge is -2.38. The van der Waals surface area contributed by atoms with Crippen LogP contribution in [-0.4, -0.2) is 59.8 Å². The highest BCUT2D eigenvalue weighted by Gasteiger charge is 2.54. The van der Waals surface area contributed by atoms with Gasteiger partial charge in [0.15, 0.2) is 11.5 Å². The number of carbonyl (C=O) groups is 2. The number of piperazine rings is 1. The molecule has 7 nitrogen and oxygen atoms in total. The molecule has 2 saturated carbocycles. The summed E-state index contributed by atoms with van der Waals surface area (Å²) >= 11 is 0. The largest absolute Gasteiger partial charge is 0.481 e. The number of fused-ring (bicyclic) bond motifs is 3. The highest BCUT2D eigenvalue weighted by Crippen LogP contribution is 2.53. The summed E-state index contributed by atoms with van der Waals surface area (Å²) in [5.74, 6) is 0.554. The van der Waals surface area contributed by atoms with E-state index >= 15 is 0 Å². The maximum atomic E-state index is 13.1. The average Bonchev–Trinajstić information content (AvgIpc) is 3.43. The molecule has 0 unspecified atom stereocenters. The first-order chi connectivity index (χ1) is 13.6. The Kier molecular flexibility index (Phi) is 4.42. The first-order valence-electron chi connectivity index (χ1n) is 10.2. The first-order valence-corrected chi connectivity index (χ1v) is 10.2. The lowest BCUT2D eigenvalue weighted by Crippen LogP contribution is -2.52. The SMILES string of the molecule is O=C(O)[C@H]1[C@H]2CC[C@H](C2)[C@@H]1C(=O)N1CCN(Cc2ccc3c(c2)OCO3)CC1. The summed E-state index contributed by atoms with van der Waals surface area (Å²) in [5.41, 5.74) is 1.17. The van der Waals surface area contributed by atoms with E-state index in [0.29, 0.717) is 13.1 Å². The summed E-state index contributed by atoms with van der Waals surface area (Å²) in [6.07, 6.45) is 2.89. The predicted molar refractivity (Wildman–Crippen MR) is 99.9 cm³/mol. The fourth-order valence-electron chi connectivity index (χ4n) is 5.64. The molecule has 0 radical (unpaired) electrons. The number of benzene rings is 1. The number of amides is 1. The second-order valence-corrected chi connectivity index (χ2v) is 8.51. The van der Waals surface area contributed by atoms with Crippen molar-refractivity contribution in [3.8, 4) is 11.5 Å². The van der Waals surface area contributed by atoms with Crippen LogP contribution in [0.2, 0.25) is 0 Å². The monoisotopic (exact) mass is 386 g/mol. The zero-order chi connectivity index (χ0) is 19.3. The lowest BCUT2D eigenvalue weighted by molar-refractivity contribution is -0.153. The number of nitrogens with zero attached hydrogens (tertiary/aromatic N) is 2. The molecule has 150 valence electrons. The molecule has 1 N–H and O–H groups in total. The van der Waals surface area contributed by atoms with E-state index in [-0.39, 0.29) is 30.5 Å². The Hall–Kier alpha value is -2.28. The van der Waals surface area contributed by atoms with Gasteiger partial charge in [-0.25, -0.2) is 0 Å². The number of aliphatic carboxylic acids is 1. The first kappa shape index (κ1) is 17.8. The van der Waals surface area contributed by atoms with E-state index in [0.717, 1.165) is 50.4 Å². The minimum Gasteiger partial charge on any atom is -0.481 e. The van der Waals surface area contributed by atoms with Crippen LogP contribution in [0.3, 0.4) is 0 Å². The smallest absolute Gasteiger partial charge is 0.307 e. The van der Waals surface area contributed by atoms with Crippen LogP contribution in [0.15, 0.2) is 18.2 Å². The second-order valence-electron chi connectivity index (χ2n) is 8.51. The number of carboxylic acids is 1. The fraction of sp³-hybridized carbons (Fsp3) is 0.619. The average molecular weight is 386 g/mol. The van der Waals surface area contributed by atoms with Crippen molar-refractivity contribution in [1.29, 1.82) is 0 Å². The Bertz CT molecular complexity index is 789. The number of ether oxygens (including phenoxy) is 2. The molecule has 1 aromatic carbocycles. The van der Waals surface area contributed by atoms with Crippen LogP contribution in [0, 0.1) is 23.7 Å². The van der Waals surface area contributed by atoms with Gasteiger partial charge in [-0.1, -0.05) is 6.07 Å². The summed E-state index contributed by atoms with van der Waals surface area (Å²) in [7, 11) is 0. The van der Waals surface area contributed by atoms with Gasteiger partial charge in [0.05, 0.1) is 11.8 Å². The lowest BCUT2D eigenvalue weighted by atomic mass is 9.78. The molecule has 1 aromatic rings. The maximum absolute atomic E-state index is 13.1. The Morgan fingerprint density at radius 2 is 1.71 bits per heavy atom. The van der Waals surface area contributed by atoms with E-state index in [1.54, 1.807) is 0 Å². The fourth-order valence-corrected chi connectivity index (χ4v) is 5.64. The number of hydrogen-bond acceptors (Lipinski definition) is 5. The van der Waals surface area contributed by atoms with Gasteiger partial charge < -0.3 is 19.5 Å². The maximum Gasteiger partial charge on any atom is 0.307 e. The Balaban J connectivity index is 1.19. The van der Waals surface area contributed by atoms with Crippen molar-refractivity contribution in [3.63, 3.8) is 0 Å². The van der Waals surface area contributed by atoms with E-state index in [4.69, 9.17) is 9.47 Å². The molecule has 2 aliphatic carbocycles. The topological polar surface area (TPSA) is 79.3 Å². The number of rotatable bonds is 4. The minimum atomic E-state index is -0.785. The van der Waals surface area contributed by atoms with E-state index in [1.807, 2.05) is 17.0 Å². The van der Waals surface area contributed by atoms with Crippen LogP contribution in [0.1, 0.15) is 24.8 Å². The van der Waals surface area contributed by atoms with E-state index in [1.165, 1.54) is 5.56 Å². The number of carbonyl (C=O) groups excluding carboxylic acids is 1. The molecule has 4 aliphatic rings. The van der Waals surface area contributed by atoms with Crippen molar-refractivity contribution in [2.45, 2.75) is 25.8 Å². The van der Waals surface area contributed by atoms with Gasteiger partial charge >= 0.3 is 5.97 Å². The second kappa shape index (κ2) is 6.95. The van der Waals surface area contributed by atoms with E-state index < -0.39 is 11.9 Å². The Morgan fingerprint density at radius 3 is 2.46 bits per heavy atom. The highest BCUT2D eigenvalue weighted by atomic mass is 16.7. The van der Waals surface area contributed by atoms with Crippen LogP contribution in [0.5, 0.6) is 11.5 Å². The van der Waals surface area contributed by atoms with Crippen molar-refractivity contribution in [1.82, 2.24) is 9.80 Å². The molecule has 2 bridgehead atoms. The standard InChI is InChI=1S/C21H26N2O5/c24-20(18-14-2-3-15(10-14)19(18)21(25)26)23-7-5-22(6-8-23)11-13-1-4-16-17(9-13)28-12-27-16/h1,4,9,14-15,18-19H,2-3,5-8,10-12H2,(H,25,26)/t14-,15+,18+,19+/m1/s1. The summed E-state index contributed by atoms with van der Waals surface area (Å²) in [6, 6.07) is 6.02. The zero-order valence-corrected chi connectivity index (χ0v) is 15.9. The highest BCUT2D eigenvalue weighted by molar-refractivity contribution is 5.86. The van der Waals surface area contributed by atoms with Gasteiger partial charge in [0.25, 0.3) is 0 Å². The summed E-state index contributed by atoms with van der Waals surface area (Å²) in [5, 5.41) is 9.63. The van der Waals surface area contributed by atoms with Crippen LogP contribution in [-0.2, 0) is 16.1 Å². The summed E-state index contributed by atoms with van der Waals surface area (Å²) in [6.45, 7) is 4.04. The zero-order valence-electron chi connectivity index (χ0n) is 15.9. The number of hydrogen-bond donors (Lipinski definition) is 1. The van der Waals surface area contributed by atoms with Crippen molar-refractivity contribution in [3.05, 3.63) is 23.8 Å². The van der Waals surface area contributed by atoms with Crippen molar-refractivity contribution < 1.29 is 24.2 Å². The van der Waals surface area contributed by atoms with Crippen molar-refractivity contribution >= 4 is 11.9 Å². The van der Waals surface area contributed by atoms with E-state index in [9.17, 15) is 14.7 Å². The molecular formula is C21H26N2O5. The third-order valence-corrected chi connectivity index (χ3v) is 7.01. The van der Waals surface area contributed by atoms with E-state index in [2.05, 4.69) is 11.0 Å².